The first-order valence-corrected chi connectivity index (χ1v) is 9.28. The monoisotopic (exact) mass is 338 g/mol. The molecule has 2 aliphatic rings. The Bertz CT molecular complexity index is 752. The fourth-order valence-electron chi connectivity index (χ4n) is 3.70. The third kappa shape index (κ3) is 3.47. The molecule has 25 heavy (non-hydrogen) atoms. The van der Waals surface area contributed by atoms with Gasteiger partial charge in [-0.25, -0.2) is 0 Å². The van der Waals surface area contributed by atoms with E-state index in [9.17, 15) is 4.79 Å². The highest BCUT2D eigenvalue weighted by molar-refractivity contribution is 5.92. The van der Waals surface area contributed by atoms with E-state index in [2.05, 4.69) is 53.4 Å². The molecule has 0 bridgehead atoms. The Morgan fingerprint density at radius 1 is 1.24 bits per heavy atom. The molecular weight excluding hydrogens is 312 g/mol. The molecule has 4 rings (SSSR count). The van der Waals surface area contributed by atoms with E-state index in [4.69, 9.17) is 0 Å². The van der Waals surface area contributed by atoms with Crippen LogP contribution < -0.4 is 5.32 Å². The van der Waals surface area contributed by atoms with Gasteiger partial charge in [0.2, 0.25) is 0 Å². The van der Waals surface area contributed by atoms with Gasteiger partial charge < -0.3 is 5.32 Å². The third-order valence-electron chi connectivity index (χ3n) is 5.34. The zero-order valence-electron chi connectivity index (χ0n) is 15.0. The van der Waals surface area contributed by atoms with Crippen LogP contribution in [0, 0.1) is 0 Å². The van der Waals surface area contributed by atoms with Crippen LogP contribution in [0.2, 0.25) is 0 Å². The highest BCUT2D eigenvalue weighted by Gasteiger charge is 2.39. The molecule has 2 atom stereocenters. The number of nitrogens with zero attached hydrogens (tertiary/aromatic N) is 3. The number of hydrogen-bond acceptors (Lipinski definition) is 3. The van der Waals surface area contributed by atoms with E-state index in [1.807, 2.05) is 16.8 Å². The van der Waals surface area contributed by atoms with E-state index < -0.39 is 0 Å². The number of fused-ring (bicyclic) bond motifs is 1. The minimum Gasteiger partial charge on any atom is -0.347 e. The minimum atomic E-state index is -0.0416. The molecule has 1 saturated carbocycles. The minimum absolute atomic E-state index is 0.0416. The lowest BCUT2D eigenvalue weighted by molar-refractivity contribution is 0.0944. The molecule has 1 aliphatic carbocycles. The Labute approximate surface area is 149 Å². The summed E-state index contributed by atoms with van der Waals surface area (Å²) in [6.45, 7) is 7.28. The summed E-state index contributed by atoms with van der Waals surface area (Å²) < 4.78 is 2.01. The second kappa shape index (κ2) is 6.64. The van der Waals surface area contributed by atoms with Gasteiger partial charge in [0.15, 0.2) is 0 Å². The van der Waals surface area contributed by atoms with Crippen LogP contribution in [-0.4, -0.2) is 39.2 Å². The molecule has 0 unspecified atom stereocenters. The summed E-state index contributed by atoms with van der Waals surface area (Å²) >= 11 is 0. The number of carbonyl (C=O) groups is 1. The van der Waals surface area contributed by atoms with E-state index in [0.717, 1.165) is 38.2 Å². The van der Waals surface area contributed by atoms with E-state index in [1.165, 1.54) is 5.56 Å². The van der Waals surface area contributed by atoms with E-state index in [0.29, 0.717) is 17.7 Å². The molecule has 2 aromatic rings. The number of amides is 1. The van der Waals surface area contributed by atoms with Gasteiger partial charge in [-0.3, -0.25) is 14.4 Å². The molecule has 2 heterocycles. The van der Waals surface area contributed by atoms with Gasteiger partial charge in [0.1, 0.15) is 5.69 Å². The average Bonchev–Trinajstić information content (AvgIpc) is 3.31. The van der Waals surface area contributed by atoms with Crippen molar-refractivity contribution in [1.29, 1.82) is 0 Å². The fraction of sp³-hybridized carbons (Fsp3) is 0.500. The summed E-state index contributed by atoms with van der Waals surface area (Å²) in [5.41, 5.74) is 3.01. The summed E-state index contributed by atoms with van der Waals surface area (Å²) in [4.78, 5) is 15.0. The van der Waals surface area contributed by atoms with Crippen molar-refractivity contribution < 1.29 is 4.79 Å². The number of carbonyl (C=O) groups excluding carboxylic acids is 1. The number of benzene rings is 1. The second-order valence-electron chi connectivity index (χ2n) is 7.49. The van der Waals surface area contributed by atoms with Crippen LogP contribution in [0.25, 0.3) is 0 Å². The van der Waals surface area contributed by atoms with Crippen molar-refractivity contribution in [2.24, 2.45) is 0 Å². The molecule has 0 spiro atoms. The highest BCUT2D eigenvalue weighted by Crippen LogP contribution is 2.40. The maximum atomic E-state index is 12.6. The topological polar surface area (TPSA) is 50.2 Å². The normalized spacial score (nSPS) is 23.2. The summed E-state index contributed by atoms with van der Waals surface area (Å²) in [7, 11) is 0. The Morgan fingerprint density at radius 2 is 2.04 bits per heavy atom. The standard InChI is InChI=1S/C20H26N4O/c1-14(2)23-9-6-10-24-16(13-23)11-19(22-24)20(25)21-18-12-17(18)15-7-4-3-5-8-15/h3-5,7-8,11,14,17-18H,6,9-10,12-13H2,1-2H3,(H,21,25)/t17-,18+/m0/s1. The Balaban J connectivity index is 1.41. The molecule has 1 aliphatic heterocycles. The Hall–Kier alpha value is -2.14. The second-order valence-corrected chi connectivity index (χ2v) is 7.49. The summed E-state index contributed by atoms with van der Waals surface area (Å²) in [5.74, 6) is 0.405. The van der Waals surface area contributed by atoms with Gasteiger partial charge in [0.05, 0.1) is 5.69 Å². The highest BCUT2D eigenvalue weighted by atomic mass is 16.2. The molecule has 1 amide bonds. The summed E-state index contributed by atoms with van der Waals surface area (Å²) in [6.07, 6.45) is 2.09. The Kier molecular flexibility index (Phi) is 4.34. The zero-order valence-corrected chi connectivity index (χ0v) is 15.0. The van der Waals surface area contributed by atoms with E-state index in [-0.39, 0.29) is 11.9 Å². The van der Waals surface area contributed by atoms with Crippen molar-refractivity contribution in [3.8, 4) is 0 Å². The lowest BCUT2D eigenvalue weighted by Crippen LogP contribution is -2.30. The van der Waals surface area contributed by atoms with E-state index in [1.54, 1.807) is 0 Å². The largest absolute Gasteiger partial charge is 0.347 e. The number of hydrogen-bond donors (Lipinski definition) is 1. The molecular formula is C20H26N4O. The quantitative estimate of drug-likeness (QED) is 0.933. The van der Waals surface area contributed by atoms with Crippen molar-refractivity contribution in [2.75, 3.05) is 6.54 Å². The van der Waals surface area contributed by atoms with Crippen LogP contribution in [0.5, 0.6) is 0 Å². The molecule has 1 aromatic heterocycles. The van der Waals surface area contributed by atoms with Crippen molar-refractivity contribution in [3.05, 3.63) is 53.3 Å². The predicted molar refractivity (Wildman–Crippen MR) is 97.4 cm³/mol. The first-order valence-electron chi connectivity index (χ1n) is 9.28. The Morgan fingerprint density at radius 3 is 2.80 bits per heavy atom. The number of rotatable bonds is 4. The van der Waals surface area contributed by atoms with Crippen LogP contribution in [0.15, 0.2) is 36.4 Å². The average molecular weight is 338 g/mol. The van der Waals surface area contributed by atoms with Crippen LogP contribution in [0.3, 0.4) is 0 Å². The lowest BCUT2D eigenvalue weighted by Gasteiger charge is -2.23. The molecule has 0 saturated heterocycles. The van der Waals surface area contributed by atoms with Crippen LogP contribution >= 0.6 is 0 Å². The molecule has 132 valence electrons. The van der Waals surface area contributed by atoms with Crippen LogP contribution in [0.4, 0.5) is 0 Å². The van der Waals surface area contributed by atoms with Crippen molar-refractivity contribution >= 4 is 5.91 Å². The maximum Gasteiger partial charge on any atom is 0.272 e. The van der Waals surface area contributed by atoms with Crippen molar-refractivity contribution in [1.82, 2.24) is 20.0 Å². The third-order valence-corrected chi connectivity index (χ3v) is 5.34. The maximum absolute atomic E-state index is 12.6. The molecule has 5 heteroatoms. The van der Waals surface area contributed by atoms with Gasteiger partial charge >= 0.3 is 0 Å². The summed E-state index contributed by atoms with van der Waals surface area (Å²) in [6, 6.07) is 13.1. The molecule has 1 aromatic carbocycles. The van der Waals surface area contributed by atoms with Crippen molar-refractivity contribution in [3.63, 3.8) is 0 Å². The van der Waals surface area contributed by atoms with Gasteiger partial charge in [-0.2, -0.15) is 5.10 Å². The smallest absolute Gasteiger partial charge is 0.272 e. The first-order chi connectivity index (χ1) is 12.1. The van der Waals surface area contributed by atoms with Gasteiger partial charge in [0, 0.05) is 37.6 Å². The zero-order chi connectivity index (χ0) is 17.4. The fourth-order valence-corrected chi connectivity index (χ4v) is 3.70. The molecule has 1 fully saturated rings. The van der Waals surface area contributed by atoms with Crippen LogP contribution in [0.1, 0.15) is 54.4 Å². The SMILES string of the molecule is CC(C)N1CCCn2nc(C(=O)N[C@@H]3C[C@H]3c3ccccc3)cc2C1. The first kappa shape index (κ1) is 16.3. The number of aryl methyl sites for hydroxylation is 1. The predicted octanol–water partition coefficient (Wildman–Crippen LogP) is 2.78. The van der Waals surface area contributed by atoms with Crippen molar-refractivity contribution in [2.45, 2.75) is 57.8 Å². The molecule has 1 N–H and O–H groups in total. The van der Waals surface area contributed by atoms with E-state index >= 15 is 0 Å². The van der Waals surface area contributed by atoms with Gasteiger partial charge in [-0.15, -0.1) is 0 Å². The van der Waals surface area contributed by atoms with Gasteiger partial charge in [-0.05, 0) is 38.3 Å². The number of aromatic nitrogens is 2. The van der Waals surface area contributed by atoms with Crippen LogP contribution in [-0.2, 0) is 13.1 Å². The molecule has 0 radical (unpaired) electrons. The van der Waals surface area contributed by atoms with Gasteiger partial charge in [-0.1, -0.05) is 30.3 Å². The van der Waals surface area contributed by atoms with Gasteiger partial charge in [0.25, 0.3) is 5.91 Å². The lowest BCUT2D eigenvalue weighted by atomic mass is 10.1. The molecule has 5 nitrogen and oxygen atoms in total. The summed E-state index contributed by atoms with van der Waals surface area (Å²) in [5, 5.41) is 7.71. The number of nitrogens with one attached hydrogen (secondary N) is 1.